The van der Waals surface area contributed by atoms with Crippen LogP contribution in [0.15, 0.2) is 24.3 Å². The zero-order valence-electron chi connectivity index (χ0n) is 24.7. The van der Waals surface area contributed by atoms with E-state index in [0.29, 0.717) is 16.5 Å². The smallest absolute Gasteiger partial charge is 0.351 e. The van der Waals surface area contributed by atoms with Crippen molar-refractivity contribution in [1.82, 2.24) is 5.32 Å². The van der Waals surface area contributed by atoms with E-state index in [4.69, 9.17) is 14.2 Å². The van der Waals surface area contributed by atoms with Crippen LogP contribution in [0.5, 0.6) is 5.75 Å². The number of hydrogen-bond acceptors (Lipinski definition) is 7. The minimum absolute atomic E-state index is 0.158. The highest BCUT2D eigenvalue weighted by Crippen LogP contribution is 2.52. The fraction of sp³-hybridized carbons (Fsp3) is 0.581. The van der Waals surface area contributed by atoms with Crippen molar-refractivity contribution < 1.29 is 28.6 Å². The van der Waals surface area contributed by atoms with E-state index < -0.39 is 23.9 Å². The summed E-state index contributed by atoms with van der Waals surface area (Å²) in [6.07, 6.45) is 3.46. The molecule has 0 spiro atoms. The summed E-state index contributed by atoms with van der Waals surface area (Å²) in [6, 6.07) is 7.75. The number of benzene rings is 1. The average molecular weight is 558 g/mol. The molecular weight excluding hydrogens is 514 g/mol. The highest BCUT2D eigenvalue weighted by Gasteiger charge is 2.39. The highest BCUT2D eigenvalue weighted by molar-refractivity contribution is 7.18. The molecule has 1 heterocycles. The molecule has 8 heteroatoms. The summed E-state index contributed by atoms with van der Waals surface area (Å²) in [6.45, 7) is 14.6. The zero-order chi connectivity index (χ0) is 29.1. The van der Waals surface area contributed by atoms with Crippen LogP contribution in [-0.4, -0.2) is 44.7 Å². The summed E-state index contributed by atoms with van der Waals surface area (Å²) >= 11 is 1.30. The number of hydrogen-bond donors (Lipinski definition) is 1. The van der Waals surface area contributed by atoms with Gasteiger partial charge in [0.25, 0.3) is 5.91 Å². The molecule has 39 heavy (non-hydrogen) atoms. The van der Waals surface area contributed by atoms with Crippen molar-refractivity contribution in [3.63, 3.8) is 0 Å². The summed E-state index contributed by atoms with van der Waals surface area (Å²) < 4.78 is 15.7. The monoisotopic (exact) mass is 557 g/mol. The van der Waals surface area contributed by atoms with Gasteiger partial charge >= 0.3 is 11.9 Å². The lowest BCUT2D eigenvalue weighted by atomic mass is 9.60. The van der Waals surface area contributed by atoms with Gasteiger partial charge in [0.05, 0.1) is 14.2 Å². The Morgan fingerprint density at radius 2 is 1.69 bits per heavy atom. The van der Waals surface area contributed by atoms with Crippen LogP contribution in [0.25, 0.3) is 10.4 Å². The number of ether oxygens (including phenoxy) is 3. The maximum absolute atomic E-state index is 12.7. The van der Waals surface area contributed by atoms with Crippen molar-refractivity contribution in [3.05, 3.63) is 40.3 Å². The third-order valence-electron chi connectivity index (χ3n) is 7.42. The first kappa shape index (κ1) is 30.7. The summed E-state index contributed by atoms with van der Waals surface area (Å²) in [7, 11) is 2.61. The van der Waals surface area contributed by atoms with Crippen LogP contribution in [-0.2, 0) is 19.1 Å². The zero-order valence-corrected chi connectivity index (χ0v) is 25.5. The van der Waals surface area contributed by atoms with Crippen LogP contribution >= 0.6 is 11.3 Å². The van der Waals surface area contributed by atoms with Gasteiger partial charge in [-0.3, -0.25) is 4.79 Å². The number of esters is 2. The molecule has 0 aliphatic heterocycles. The van der Waals surface area contributed by atoms with E-state index in [-0.39, 0.29) is 23.4 Å². The lowest BCUT2D eigenvalue weighted by molar-refractivity contribution is -0.146. The number of rotatable bonds is 9. The average Bonchev–Trinajstić information content (AvgIpc) is 3.19. The Morgan fingerprint density at radius 3 is 2.26 bits per heavy atom. The molecule has 1 aromatic heterocycles. The van der Waals surface area contributed by atoms with E-state index in [2.05, 4.69) is 51.2 Å². The Bertz CT molecular complexity index is 1200. The normalized spacial score (nSPS) is 17.4. The number of thiophene rings is 1. The predicted octanol–water partition coefficient (Wildman–Crippen LogP) is 6.52. The van der Waals surface area contributed by atoms with Gasteiger partial charge in [0, 0.05) is 10.4 Å². The van der Waals surface area contributed by atoms with Gasteiger partial charge in [0.15, 0.2) is 11.5 Å². The van der Waals surface area contributed by atoms with Crippen LogP contribution in [0.1, 0.15) is 87.5 Å². The molecule has 0 saturated heterocycles. The molecule has 214 valence electrons. The Balaban J connectivity index is 1.89. The van der Waals surface area contributed by atoms with E-state index in [1.54, 1.807) is 0 Å². The van der Waals surface area contributed by atoms with Crippen LogP contribution < -0.4 is 10.1 Å². The van der Waals surface area contributed by atoms with Gasteiger partial charge in [-0.15, -0.1) is 11.3 Å². The van der Waals surface area contributed by atoms with Crippen molar-refractivity contribution in [2.45, 2.75) is 79.7 Å². The van der Waals surface area contributed by atoms with Gasteiger partial charge in [0.2, 0.25) is 0 Å². The SMILES string of the molecule is COC(=O)c1sc(-c2cccc(C3CC(C)(C)CC(C)(C)C3)c2)c(C)c1OCC(=O)NC(C(=O)OC)C(C)C. The topological polar surface area (TPSA) is 90.9 Å². The first-order valence-electron chi connectivity index (χ1n) is 13.5. The third-order valence-corrected chi connectivity index (χ3v) is 8.73. The van der Waals surface area contributed by atoms with E-state index >= 15 is 0 Å². The first-order valence-corrected chi connectivity index (χ1v) is 14.3. The number of amides is 1. The van der Waals surface area contributed by atoms with Gasteiger partial charge in [0.1, 0.15) is 11.8 Å². The van der Waals surface area contributed by atoms with Crippen LogP contribution in [0, 0.1) is 23.7 Å². The molecule has 1 fully saturated rings. The standard InChI is InChI=1S/C31H43NO6S/c1-18(2)24(28(34)36-8)32-23(33)16-38-25-19(3)26(39-27(25)29(35)37-9)21-12-10-11-20(13-21)22-14-30(4,5)17-31(6,7)15-22/h10-13,18,22,24H,14-17H2,1-9H3,(H,32,33). The van der Waals surface area contributed by atoms with Crippen molar-refractivity contribution in [2.24, 2.45) is 16.7 Å². The summed E-state index contributed by atoms with van der Waals surface area (Å²) in [5.74, 6) is -0.909. The van der Waals surface area contributed by atoms with Gasteiger partial charge in [-0.05, 0) is 60.0 Å². The lowest BCUT2D eigenvalue weighted by Crippen LogP contribution is -2.46. The largest absolute Gasteiger partial charge is 0.482 e. The number of methoxy groups -OCH3 is 2. The fourth-order valence-corrected chi connectivity index (χ4v) is 7.33. The molecular formula is C31H43NO6S. The fourth-order valence-electron chi connectivity index (χ4n) is 6.17. The summed E-state index contributed by atoms with van der Waals surface area (Å²) in [5, 5.41) is 2.66. The molecule has 3 rings (SSSR count). The second-order valence-corrected chi connectivity index (χ2v) is 13.6. The molecule has 0 bridgehead atoms. The molecule has 2 aromatic rings. The molecule has 1 aliphatic carbocycles. The molecule has 1 saturated carbocycles. The van der Waals surface area contributed by atoms with Crippen molar-refractivity contribution in [3.8, 4) is 16.2 Å². The second-order valence-electron chi connectivity index (χ2n) is 12.5. The molecule has 1 amide bonds. The third kappa shape index (κ3) is 7.41. The van der Waals surface area contributed by atoms with E-state index in [0.717, 1.165) is 28.8 Å². The number of carbonyl (C=O) groups is 3. The Labute approximate surface area is 236 Å². The molecule has 7 nitrogen and oxygen atoms in total. The highest BCUT2D eigenvalue weighted by atomic mass is 32.1. The number of nitrogens with one attached hydrogen (secondary N) is 1. The minimum Gasteiger partial charge on any atom is -0.482 e. The predicted molar refractivity (Wildman–Crippen MR) is 154 cm³/mol. The maximum atomic E-state index is 12.7. The summed E-state index contributed by atoms with van der Waals surface area (Å²) in [4.78, 5) is 38.6. The van der Waals surface area contributed by atoms with Crippen LogP contribution in [0.3, 0.4) is 0 Å². The molecule has 1 unspecified atom stereocenters. The van der Waals surface area contributed by atoms with E-state index in [9.17, 15) is 14.4 Å². The minimum atomic E-state index is -0.789. The van der Waals surface area contributed by atoms with Crippen molar-refractivity contribution >= 4 is 29.2 Å². The Morgan fingerprint density at radius 1 is 1.05 bits per heavy atom. The van der Waals surface area contributed by atoms with E-state index in [1.165, 1.54) is 37.5 Å². The number of carbonyl (C=O) groups excluding carboxylic acids is 3. The second kappa shape index (κ2) is 12.1. The van der Waals surface area contributed by atoms with Gasteiger partial charge in [-0.1, -0.05) is 65.8 Å². The molecule has 1 aromatic carbocycles. The van der Waals surface area contributed by atoms with Gasteiger partial charge in [-0.25, -0.2) is 9.59 Å². The van der Waals surface area contributed by atoms with Crippen LogP contribution in [0.2, 0.25) is 0 Å². The Kier molecular flexibility index (Phi) is 9.52. The Hall–Kier alpha value is -2.87. The van der Waals surface area contributed by atoms with Gasteiger partial charge < -0.3 is 19.5 Å². The molecule has 0 radical (unpaired) electrons. The van der Waals surface area contributed by atoms with Crippen LogP contribution in [0.4, 0.5) is 0 Å². The molecule has 1 atom stereocenters. The summed E-state index contributed by atoms with van der Waals surface area (Å²) in [5.41, 5.74) is 3.60. The van der Waals surface area contributed by atoms with E-state index in [1.807, 2.05) is 26.8 Å². The lowest BCUT2D eigenvalue weighted by Gasteiger charge is -2.45. The first-order chi connectivity index (χ1) is 18.2. The van der Waals surface area contributed by atoms with Gasteiger partial charge in [-0.2, -0.15) is 0 Å². The quantitative estimate of drug-likeness (QED) is 0.353. The molecule has 1 aliphatic rings. The van der Waals surface area contributed by atoms with Crippen molar-refractivity contribution in [2.75, 3.05) is 20.8 Å². The molecule has 1 N–H and O–H groups in total. The van der Waals surface area contributed by atoms with Crippen molar-refractivity contribution in [1.29, 1.82) is 0 Å². The maximum Gasteiger partial charge on any atom is 0.351 e.